The van der Waals surface area contributed by atoms with Gasteiger partial charge in [0.15, 0.2) is 0 Å². The number of halogens is 5. The molecule has 1 saturated heterocycles. The lowest BCUT2D eigenvalue weighted by Crippen LogP contribution is -2.39. The molecule has 0 aliphatic carbocycles. The molecule has 13 heteroatoms. The van der Waals surface area contributed by atoms with E-state index >= 15 is 4.39 Å². The molecule has 0 amide bonds. The van der Waals surface area contributed by atoms with E-state index in [-0.39, 0.29) is 40.1 Å². The zero-order valence-corrected chi connectivity index (χ0v) is 20.1. The van der Waals surface area contributed by atoms with Gasteiger partial charge in [0.2, 0.25) is 0 Å². The normalized spacial score (nSPS) is 17.8. The molecule has 2 aliphatic rings. The minimum absolute atomic E-state index is 0.0158. The molecule has 0 unspecified atom stereocenters. The lowest BCUT2D eigenvalue weighted by Gasteiger charge is -2.33. The Morgan fingerprint density at radius 1 is 1.08 bits per heavy atom. The molecule has 8 nitrogen and oxygen atoms in total. The first-order valence-corrected chi connectivity index (χ1v) is 12.0. The molecule has 5 heterocycles. The largest absolute Gasteiger partial charge is 0.419 e. The van der Waals surface area contributed by atoms with E-state index < -0.39 is 28.9 Å². The van der Waals surface area contributed by atoms with Crippen LogP contribution in [0.1, 0.15) is 29.5 Å². The molecule has 38 heavy (non-hydrogen) atoms. The number of nitrogens with zero attached hydrogens (tertiary/aromatic N) is 6. The van der Waals surface area contributed by atoms with Gasteiger partial charge in [-0.05, 0) is 24.6 Å². The van der Waals surface area contributed by atoms with Crippen molar-refractivity contribution in [3.8, 4) is 11.3 Å². The van der Waals surface area contributed by atoms with Crippen LogP contribution in [-0.4, -0.2) is 44.0 Å². The molecule has 0 bridgehead atoms. The molecule has 1 fully saturated rings. The summed E-state index contributed by atoms with van der Waals surface area (Å²) in [4.78, 5) is 24.3. The Morgan fingerprint density at radius 2 is 1.89 bits per heavy atom. The molecular weight excluding hydrogens is 511 g/mol. The maximum Gasteiger partial charge on any atom is 0.419 e. The molecule has 0 spiro atoms. The van der Waals surface area contributed by atoms with E-state index in [1.165, 1.54) is 4.57 Å². The maximum atomic E-state index is 15.1. The number of fused-ring (bicyclic) bond motifs is 2. The minimum atomic E-state index is -5.08. The molecule has 0 saturated carbocycles. The Labute approximate surface area is 212 Å². The van der Waals surface area contributed by atoms with Crippen LogP contribution in [0.5, 0.6) is 0 Å². The zero-order chi connectivity index (χ0) is 26.8. The van der Waals surface area contributed by atoms with Crippen molar-refractivity contribution in [2.45, 2.75) is 31.7 Å². The average Bonchev–Trinajstić information content (AvgIpc) is 3.54. The average molecular weight is 532 g/mol. The van der Waals surface area contributed by atoms with Crippen LogP contribution in [0.25, 0.3) is 22.2 Å². The number of hydrogen-bond acceptors (Lipinski definition) is 6. The number of hydrogen-bond donors (Lipinski definition) is 0. The van der Waals surface area contributed by atoms with Crippen molar-refractivity contribution in [3.05, 3.63) is 69.5 Å². The van der Waals surface area contributed by atoms with E-state index in [9.17, 15) is 22.4 Å². The third-order valence-electron chi connectivity index (χ3n) is 6.89. The number of rotatable bonds is 3. The summed E-state index contributed by atoms with van der Waals surface area (Å²) >= 11 is 0. The monoisotopic (exact) mass is 532 g/mol. The fourth-order valence-corrected chi connectivity index (χ4v) is 5.03. The van der Waals surface area contributed by atoms with Gasteiger partial charge >= 0.3 is 6.18 Å². The Hall–Kier alpha value is -3.87. The molecule has 0 radical (unpaired) electrons. The highest BCUT2D eigenvalue weighted by molar-refractivity contribution is 5.93. The Morgan fingerprint density at radius 3 is 2.63 bits per heavy atom. The summed E-state index contributed by atoms with van der Waals surface area (Å²) in [5.74, 6) is -2.21. The van der Waals surface area contributed by atoms with Gasteiger partial charge in [-0.15, -0.1) is 0 Å². The van der Waals surface area contributed by atoms with Gasteiger partial charge in [0.05, 0.1) is 23.8 Å². The van der Waals surface area contributed by atoms with Crippen LogP contribution in [0.2, 0.25) is 0 Å². The number of ether oxygens (including phenoxy) is 1. The second-order valence-electron chi connectivity index (χ2n) is 9.38. The van der Waals surface area contributed by atoms with Gasteiger partial charge in [-0.2, -0.15) is 18.3 Å². The number of aryl methyl sites for hydroxylation is 2. The number of benzene rings is 1. The highest BCUT2D eigenvalue weighted by Gasteiger charge is 2.36. The maximum absolute atomic E-state index is 15.1. The Balaban J connectivity index is 1.53. The quantitative estimate of drug-likeness (QED) is 0.371. The summed E-state index contributed by atoms with van der Waals surface area (Å²) in [6.07, 6.45) is -0.757. The van der Waals surface area contributed by atoms with Crippen molar-refractivity contribution < 1.29 is 26.7 Å². The third-order valence-corrected chi connectivity index (χ3v) is 6.89. The first kappa shape index (κ1) is 24.5. The minimum Gasteiger partial charge on any atom is -0.370 e. The Kier molecular flexibility index (Phi) is 5.70. The molecule has 1 aromatic carbocycles. The zero-order valence-electron chi connectivity index (χ0n) is 20.1. The van der Waals surface area contributed by atoms with Crippen LogP contribution < -0.4 is 10.5 Å². The summed E-state index contributed by atoms with van der Waals surface area (Å²) in [6.45, 7) is 1.50. The van der Waals surface area contributed by atoms with Gasteiger partial charge in [0.25, 0.3) is 5.56 Å². The fourth-order valence-electron chi connectivity index (χ4n) is 5.03. The second-order valence-corrected chi connectivity index (χ2v) is 9.38. The molecule has 4 aromatic rings. The van der Waals surface area contributed by atoms with E-state index in [0.29, 0.717) is 51.0 Å². The SMILES string of the molecule is Cn1cc([C@H]2CN(c3cc4c(=O)n5c(nc4c(-c4cc(F)c(C(F)(F)F)cc4F)n3)CCC5)CCO2)cn1. The van der Waals surface area contributed by atoms with Crippen molar-refractivity contribution in [2.24, 2.45) is 7.05 Å². The molecule has 1 atom stereocenters. The highest BCUT2D eigenvalue weighted by Crippen LogP contribution is 2.37. The van der Waals surface area contributed by atoms with Gasteiger partial charge in [-0.3, -0.25) is 14.0 Å². The topological polar surface area (TPSA) is 78.1 Å². The van der Waals surface area contributed by atoms with Crippen LogP contribution in [0.4, 0.5) is 27.8 Å². The predicted molar refractivity (Wildman–Crippen MR) is 127 cm³/mol. The van der Waals surface area contributed by atoms with Crippen LogP contribution in [-0.2, 0) is 30.9 Å². The van der Waals surface area contributed by atoms with Crippen LogP contribution in [0, 0.1) is 11.6 Å². The van der Waals surface area contributed by atoms with Gasteiger partial charge in [-0.1, -0.05) is 0 Å². The summed E-state index contributed by atoms with van der Waals surface area (Å²) < 4.78 is 78.4. The second kappa shape index (κ2) is 8.86. The van der Waals surface area contributed by atoms with E-state index in [4.69, 9.17) is 4.74 Å². The van der Waals surface area contributed by atoms with E-state index in [0.717, 1.165) is 5.56 Å². The van der Waals surface area contributed by atoms with E-state index in [2.05, 4.69) is 15.1 Å². The van der Waals surface area contributed by atoms with Crippen molar-refractivity contribution in [1.29, 1.82) is 0 Å². The number of anilines is 1. The summed E-state index contributed by atoms with van der Waals surface area (Å²) in [5, 5.41) is 4.29. The van der Waals surface area contributed by atoms with Crippen LogP contribution in [0.3, 0.4) is 0 Å². The lowest BCUT2D eigenvalue weighted by atomic mass is 10.0. The van der Waals surface area contributed by atoms with E-state index in [1.807, 2.05) is 11.1 Å². The summed E-state index contributed by atoms with van der Waals surface area (Å²) in [5.41, 5.74) is -1.94. The Bertz CT molecular complexity index is 1630. The van der Waals surface area contributed by atoms with Gasteiger partial charge in [0.1, 0.15) is 40.6 Å². The number of aromatic nitrogens is 5. The fraction of sp³-hybridized carbons (Fsp3) is 0.360. The van der Waals surface area contributed by atoms with Crippen molar-refractivity contribution in [2.75, 3.05) is 24.6 Å². The molecule has 2 aliphatic heterocycles. The third kappa shape index (κ3) is 4.10. The van der Waals surface area contributed by atoms with Gasteiger partial charge < -0.3 is 9.64 Å². The molecular formula is C25H21F5N6O2. The van der Waals surface area contributed by atoms with Crippen molar-refractivity contribution >= 4 is 16.7 Å². The smallest absolute Gasteiger partial charge is 0.370 e. The lowest BCUT2D eigenvalue weighted by molar-refractivity contribution is -0.140. The molecule has 3 aromatic heterocycles. The van der Waals surface area contributed by atoms with Crippen LogP contribution in [0.15, 0.2) is 35.4 Å². The molecule has 0 N–H and O–H groups in total. The van der Waals surface area contributed by atoms with E-state index in [1.54, 1.807) is 24.0 Å². The van der Waals surface area contributed by atoms with Crippen LogP contribution >= 0.6 is 0 Å². The van der Waals surface area contributed by atoms with Crippen molar-refractivity contribution in [1.82, 2.24) is 24.3 Å². The summed E-state index contributed by atoms with van der Waals surface area (Å²) in [6, 6.07) is 2.12. The first-order valence-electron chi connectivity index (χ1n) is 12.0. The van der Waals surface area contributed by atoms with Crippen molar-refractivity contribution in [3.63, 3.8) is 0 Å². The first-order chi connectivity index (χ1) is 18.1. The predicted octanol–water partition coefficient (Wildman–Crippen LogP) is 4.01. The highest BCUT2D eigenvalue weighted by atomic mass is 19.4. The number of morpholine rings is 1. The molecule has 6 rings (SSSR count). The summed E-state index contributed by atoms with van der Waals surface area (Å²) in [7, 11) is 1.78. The number of alkyl halides is 3. The van der Waals surface area contributed by atoms with Gasteiger partial charge in [0, 0.05) is 50.4 Å². The number of pyridine rings is 1. The van der Waals surface area contributed by atoms with Gasteiger partial charge in [-0.25, -0.2) is 18.7 Å². The standard InChI is InChI=1S/C25H21F5N6O2/c1-34-11-13(10-31-34)19-12-35(5-6-38-19)21-8-15-23(32-20-3-2-4-36(20)24(15)37)22(33-21)14-7-18(27)16(9-17(14)26)25(28,29)30/h7-11,19H,2-6,12H2,1H3/t19-/m1/s1. The molecule has 198 valence electrons.